The van der Waals surface area contributed by atoms with E-state index in [9.17, 15) is 4.79 Å². The average Bonchev–Trinajstić information content (AvgIpc) is 1.90. The third kappa shape index (κ3) is 12.4. The number of hydrogen-bond donors (Lipinski definition) is 4. The van der Waals surface area contributed by atoms with Crippen molar-refractivity contribution in [2.24, 2.45) is 4.99 Å². The molecule has 0 aliphatic rings. The van der Waals surface area contributed by atoms with Crippen molar-refractivity contribution >= 4 is 6.08 Å². The Bertz CT molecular complexity index is 129. The van der Waals surface area contributed by atoms with E-state index in [2.05, 4.69) is 4.99 Å². The molecule has 0 aromatic carbocycles. The van der Waals surface area contributed by atoms with Crippen molar-refractivity contribution in [1.29, 1.82) is 0 Å². The molecule has 0 atom stereocenters. The van der Waals surface area contributed by atoms with Crippen LogP contribution in [0.3, 0.4) is 0 Å². The molecule has 0 spiro atoms. The predicted octanol–water partition coefficient (Wildman–Crippen LogP) is -2.05. The van der Waals surface area contributed by atoms with E-state index in [1.807, 2.05) is 0 Å². The number of rotatable bonds is 2. The molecule has 0 saturated carbocycles. The molecule has 0 fully saturated rings. The van der Waals surface area contributed by atoms with Crippen LogP contribution in [0.15, 0.2) is 4.99 Å². The molecule has 0 aliphatic heterocycles. The van der Waals surface area contributed by atoms with Gasteiger partial charge in [-0.3, -0.25) is 0 Å². The molecule has 6 heteroatoms. The largest absolute Gasteiger partial charge is 0.397 e. The number of isocyanates is 1. The highest BCUT2D eigenvalue weighted by Gasteiger charge is 2.18. The van der Waals surface area contributed by atoms with Crippen LogP contribution >= 0.6 is 0 Å². The molecule has 4 N–H and O–H groups in total. The van der Waals surface area contributed by atoms with Crippen LogP contribution in [-0.4, -0.2) is 45.6 Å². The summed E-state index contributed by atoms with van der Waals surface area (Å²) in [5.74, 6) is -2.65. The summed E-state index contributed by atoms with van der Waals surface area (Å²) in [7, 11) is 0. The lowest BCUT2D eigenvalue weighted by Gasteiger charge is -2.07. The minimum absolute atomic E-state index is 0.250. The third-order valence-corrected chi connectivity index (χ3v) is 0.437. The van der Waals surface area contributed by atoms with E-state index >= 15 is 0 Å². The van der Waals surface area contributed by atoms with Gasteiger partial charge in [-0.05, 0) is 6.92 Å². The Morgan fingerprint density at radius 3 is 1.91 bits per heavy atom. The maximum atomic E-state index is 9.26. The van der Waals surface area contributed by atoms with Crippen molar-refractivity contribution in [2.75, 3.05) is 13.2 Å². The Hall–Kier alpha value is -0.780. The Morgan fingerprint density at radius 1 is 1.45 bits per heavy atom. The number of nitrogens with zero attached hydrogens (tertiary/aromatic N) is 1. The molecule has 0 heterocycles. The molecule has 0 aromatic heterocycles. The van der Waals surface area contributed by atoms with Gasteiger partial charge in [0.25, 0.3) is 5.91 Å². The second-order valence-corrected chi connectivity index (χ2v) is 1.45. The quantitative estimate of drug-likeness (QED) is 0.214. The predicted molar refractivity (Wildman–Crippen MR) is 35.1 cm³/mol. The number of carbonyl (C=O) groups excluding carboxylic acids is 1. The monoisotopic (exact) mass is 165 g/mol. The number of aliphatic imine (C=N–C) groups is 1. The lowest BCUT2D eigenvalue weighted by molar-refractivity contribution is -0.178. The minimum Gasteiger partial charge on any atom is -0.397 e. The first-order valence-electron chi connectivity index (χ1n) is 2.79. The van der Waals surface area contributed by atoms with E-state index in [0.29, 0.717) is 0 Å². The summed E-state index contributed by atoms with van der Waals surface area (Å²) in [4.78, 5) is 11.7. The SMILES string of the molecule is CCO.O=C=NC(O)(O)CO. The van der Waals surface area contributed by atoms with Crippen LogP contribution in [-0.2, 0) is 4.79 Å². The second-order valence-electron chi connectivity index (χ2n) is 1.45. The summed E-state index contributed by atoms with van der Waals surface area (Å²) in [5.41, 5.74) is 0. The molecular formula is C5H11NO5. The van der Waals surface area contributed by atoms with Crippen LogP contribution in [0.2, 0.25) is 0 Å². The minimum atomic E-state index is -2.65. The smallest absolute Gasteiger partial charge is 0.299 e. The molecule has 0 aromatic rings. The van der Waals surface area contributed by atoms with Gasteiger partial charge in [0.05, 0.1) is 0 Å². The third-order valence-electron chi connectivity index (χ3n) is 0.437. The Labute approximate surface area is 63.4 Å². The van der Waals surface area contributed by atoms with Gasteiger partial charge in [0.1, 0.15) is 6.61 Å². The van der Waals surface area contributed by atoms with Gasteiger partial charge in [0.15, 0.2) is 0 Å². The molecule has 0 bridgehead atoms. The second kappa shape index (κ2) is 7.33. The van der Waals surface area contributed by atoms with Crippen molar-refractivity contribution in [3.63, 3.8) is 0 Å². The van der Waals surface area contributed by atoms with Gasteiger partial charge in [0.2, 0.25) is 6.08 Å². The van der Waals surface area contributed by atoms with E-state index in [1.54, 1.807) is 6.92 Å². The summed E-state index contributed by atoms with van der Waals surface area (Å²) in [6, 6.07) is 0. The fourth-order valence-electron chi connectivity index (χ4n) is 0.108. The first kappa shape index (κ1) is 12.9. The zero-order valence-electron chi connectivity index (χ0n) is 6.06. The van der Waals surface area contributed by atoms with E-state index in [0.717, 1.165) is 6.08 Å². The van der Waals surface area contributed by atoms with Crippen LogP contribution in [0.5, 0.6) is 0 Å². The highest BCUT2D eigenvalue weighted by atomic mass is 16.5. The topological polar surface area (TPSA) is 110 Å². The molecule has 0 unspecified atom stereocenters. The number of aliphatic hydroxyl groups is 4. The normalized spacial score (nSPS) is 9.18. The average molecular weight is 165 g/mol. The fraction of sp³-hybridized carbons (Fsp3) is 0.800. The summed E-state index contributed by atoms with van der Waals surface area (Å²) < 4.78 is 0. The molecule has 6 nitrogen and oxygen atoms in total. The number of aliphatic hydroxyl groups excluding tert-OH is 2. The molecule has 0 amide bonds. The van der Waals surface area contributed by atoms with Crippen molar-refractivity contribution < 1.29 is 25.2 Å². The zero-order chi connectivity index (χ0) is 9.33. The lowest BCUT2D eigenvalue weighted by Crippen LogP contribution is -2.29. The van der Waals surface area contributed by atoms with Gasteiger partial charge in [-0.25, -0.2) is 4.79 Å². The van der Waals surface area contributed by atoms with Crippen LogP contribution in [0.1, 0.15) is 6.92 Å². The van der Waals surface area contributed by atoms with Gasteiger partial charge < -0.3 is 20.4 Å². The van der Waals surface area contributed by atoms with E-state index in [4.69, 9.17) is 20.4 Å². The van der Waals surface area contributed by atoms with Crippen molar-refractivity contribution in [3.8, 4) is 0 Å². The summed E-state index contributed by atoms with van der Waals surface area (Å²) in [6.07, 6.45) is 0.874. The summed E-state index contributed by atoms with van der Waals surface area (Å²) in [5, 5.41) is 31.9. The van der Waals surface area contributed by atoms with Gasteiger partial charge >= 0.3 is 0 Å². The molecule has 11 heavy (non-hydrogen) atoms. The first-order chi connectivity index (χ1) is 5.04. The molecular weight excluding hydrogens is 154 g/mol. The summed E-state index contributed by atoms with van der Waals surface area (Å²) >= 11 is 0. The fourth-order valence-corrected chi connectivity index (χ4v) is 0.108. The van der Waals surface area contributed by atoms with E-state index in [1.165, 1.54) is 0 Å². The van der Waals surface area contributed by atoms with E-state index < -0.39 is 12.5 Å². The van der Waals surface area contributed by atoms with Crippen LogP contribution in [0, 0.1) is 0 Å². The van der Waals surface area contributed by atoms with Crippen LogP contribution < -0.4 is 0 Å². The van der Waals surface area contributed by atoms with Gasteiger partial charge in [0, 0.05) is 6.61 Å². The van der Waals surface area contributed by atoms with Crippen molar-refractivity contribution in [1.82, 2.24) is 0 Å². The molecule has 0 aliphatic carbocycles. The molecule has 0 saturated heterocycles. The summed E-state index contributed by atoms with van der Waals surface area (Å²) in [6.45, 7) is 0.919. The highest BCUT2D eigenvalue weighted by molar-refractivity contribution is 5.33. The lowest BCUT2D eigenvalue weighted by atomic mass is 10.5. The number of hydrogen-bond acceptors (Lipinski definition) is 6. The van der Waals surface area contributed by atoms with Gasteiger partial charge in [-0.15, -0.1) is 4.99 Å². The maximum absolute atomic E-state index is 9.26. The van der Waals surface area contributed by atoms with Crippen molar-refractivity contribution in [2.45, 2.75) is 12.8 Å². The van der Waals surface area contributed by atoms with Gasteiger partial charge in [-0.1, -0.05) is 0 Å². The zero-order valence-corrected chi connectivity index (χ0v) is 6.06. The van der Waals surface area contributed by atoms with Crippen LogP contribution in [0.4, 0.5) is 0 Å². The molecule has 66 valence electrons. The Kier molecular flexibility index (Phi) is 8.57. The van der Waals surface area contributed by atoms with E-state index in [-0.39, 0.29) is 6.61 Å². The Balaban J connectivity index is 0. The maximum Gasteiger partial charge on any atom is 0.299 e. The highest BCUT2D eigenvalue weighted by Crippen LogP contribution is 1.95. The van der Waals surface area contributed by atoms with Crippen molar-refractivity contribution in [3.05, 3.63) is 0 Å². The molecule has 0 rings (SSSR count). The standard InChI is InChI=1S/C3H5NO4.C2H6O/c5-1-3(7,8)4-2-6;1-2-3/h5,7-8H,1H2;3H,2H2,1H3. The van der Waals surface area contributed by atoms with Crippen LogP contribution in [0.25, 0.3) is 0 Å². The Morgan fingerprint density at radius 2 is 1.82 bits per heavy atom. The first-order valence-corrected chi connectivity index (χ1v) is 2.79. The molecule has 0 radical (unpaired) electrons. The van der Waals surface area contributed by atoms with Gasteiger partial charge in [-0.2, -0.15) is 0 Å².